The first kappa shape index (κ1) is 15.0. The summed E-state index contributed by atoms with van der Waals surface area (Å²) in [4.78, 5) is 22.7. The van der Waals surface area contributed by atoms with Crippen molar-refractivity contribution < 1.29 is 14.7 Å². The zero-order chi connectivity index (χ0) is 14.4. The van der Waals surface area contributed by atoms with Gasteiger partial charge in [-0.1, -0.05) is 25.5 Å². The molecule has 1 rings (SSSR count). The predicted octanol–water partition coefficient (Wildman–Crippen LogP) is 2.68. The van der Waals surface area contributed by atoms with Crippen LogP contribution in [0.25, 0.3) is 0 Å². The minimum atomic E-state index is -1.02. The topological polar surface area (TPSA) is 78.4 Å². The van der Waals surface area contributed by atoms with Gasteiger partial charge in [0.2, 0.25) is 0 Å². The van der Waals surface area contributed by atoms with Crippen LogP contribution in [-0.2, 0) is 4.79 Å². The number of carbonyl (C=O) groups is 2. The average molecular weight is 264 g/mol. The molecular weight excluding hydrogens is 244 g/mol. The maximum absolute atomic E-state index is 11.8. The molecule has 5 nitrogen and oxygen atoms in total. The highest BCUT2D eigenvalue weighted by molar-refractivity contribution is 5.93. The first-order valence-corrected chi connectivity index (χ1v) is 6.32. The minimum Gasteiger partial charge on any atom is -0.480 e. The van der Waals surface area contributed by atoms with E-state index < -0.39 is 18.0 Å². The van der Waals surface area contributed by atoms with E-state index in [9.17, 15) is 9.59 Å². The van der Waals surface area contributed by atoms with Crippen molar-refractivity contribution in [3.05, 3.63) is 29.3 Å². The molecule has 0 bridgehead atoms. The lowest BCUT2D eigenvalue weighted by molar-refractivity contribution is -0.139. The van der Waals surface area contributed by atoms with E-state index in [1.165, 1.54) is 0 Å². The molecule has 1 atom stereocenters. The molecule has 2 amide bonds. The van der Waals surface area contributed by atoms with Crippen molar-refractivity contribution in [1.29, 1.82) is 0 Å². The van der Waals surface area contributed by atoms with Crippen molar-refractivity contribution >= 4 is 17.7 Å². The molecule has 0 heterocycles. The molecule has 0 aromatic heterocycles. The van der Waals surface area contributed by atoms with Gasteiger partial charge in [-0.25, -0.2) is 9.59 Å². The molecule has 0 radical (unpaired) electrons. The van der Waals surface area contributed by atoms with Gasteiger partial charge in [0.1, 0.15) is 6.04 Å². The van der Waals surface area contributed by atoms with E-state index in [-0.39, 0.29) is 0 Å². The lowest BCUT2D eigenvalue weighted by atomic mass is 10.1. The number of carboxylic acids is 1. The SMILES string of the molecule is CCCC(NC(=O)Nc1cccc(C)c1C)C(=O)O. The van der Waals surface area contributed by atoms with E-state index in [0.717, 1.165) is 11.1 Å². The summed E-state index contributed by atoms with van der Waals surface area (Å²) in [5.74, 6) is -1.02. The van der Waals surface area contributed by atoms with Gasteiger partial charge in [0.15, 0.2) is 0 Å². The van der Waals surface area contributed by atoms with Crippen LogP contribution < -0.4 is 10.6 Å². The average Bonchev–Trinajstić information content (AvgIpc) is 2.34. The van der Waals surface area contributed by atoms with Crippen molar-refractivity contribution in [1.82, 2.24) is 5.32 Å². The van der Waals surface area contributed by atoms with Gasteiger partial charge in [-0.05, 0) is 37.5 Å². The summed E-state index contributed by atoms with van der Waals surface area (Å²) in [6.07, 6.45) is 1.11. The van der Waals surface area contributed by atoms with Crippen molar-refractivity contribution in [3.8, 4) is 0 Å². The van der Waals surface area contributed by atoms with E-state index in [0.29, 0.717) is 18.5 Å². The third-order valence-electron chi connectivity index (χ3n) is 3.03. The Hall–Kier alpha value is -2.04. The standard InChI is InChI=1S/C14H20N2O3/c1-4-6-12(13(17)18)16-14(19)15-11-8-5-7-9(2)10(11)3/h5,7-8,12H,4,6H2,1-3H3,(H,17,18)(H2,15,16,19). The lowest BCUT2D eigenvalue weighted by Crippen LogP contribution is -2.43. The Morgan fingerprint density at radius 1 is 1.32 bits per heavy atom. The summed E-state index contributed by atoms with van der Waals surface area (Å²) < 4.78 is 0. The van der Waals surface area contributed by atoms with Gasteiger partial charge >= 0.3 is 12.0 Å². The predicted molar refractivity (Wildman–Crippen MR) is 74.4 cm³/mol. The number of anilines is 1. The lowest BCUT2D eigenvalue weighted by Gasteiger charge is -2.15. The number of hydrogen-bond donors (Lipinski definition) is 3. The highest BCUT2D eigenvalue weighted by atomic mass is 16.4. The third kappa shape index (κ3) is 4.28. The van der Waals surface area contributed by atoms with Gasteiger partial charge < -0.3 is 15.7 Å². The molecule has 0 saturated heterocycles. The number of nitrogens with one attached hydrogen (secondary N) is 2. The van der Waals surface area contributed by atoms with Crippen LogP contribution in [0.2, 0.25) is 0 Å². The molecule has 0 spiro atoms. The zero-order valence-electron chi connectivity index (χ0n) is 11.5. The molecule has 0 aliphatic heterocycles. The van der Waals surface area contributed by atoms with Crippen molar-refractivity contribution in [3.63, 3.8) is 0 Å². The highest BCUT2D eigenvalue weighted by Crippen LogP contribution is 2.17. The summed E-state index contributed by atoms with van der Waals surface area (Å²) in [5, 5.41) is 14.1. The van der Waals surface area contributed by atoms with Crippen LogP contribution in [0.5, 0.6) is 0 Å². The molecule has 3 N–H and O–H groups in total. The van der Waals surface area contributed by atoms with Crippen molar-refractivity contribution in [2.75, 3.05) is 5.32 Å². The van der Waals surface area contributed by atoms with Crippen LogP contribution in [0.15, 0.2) is 18.2 Å². The van der Waals surface area contributed by atoms with E-state index in [2.05, 4.69) is 10.6 Å². The first-order chi connectivity index (χ1) is 8.95. The van der Waals surface area contributed by atoms with E-state index in [4.69, 9.17) is 5.11 Å². The van der Waals surface area contributed by atoms with Gasteiger partial charge in [-0.3, -0.25) is 0 Å². The van der Waals surface area contributed by atoms with Crippen LogP contribution in [0.3, 0.4) is 0 Å². The van der Waals surface area contributed by atoms with Crippen LogP contribution >= 0.6 is 0 Å². The Labute approximate surface area is 113 Å². The Bertz CT molecular complexity index is 472. The zero-order valence-corrected chi connectivity index (χ0v) is 11.5. The molecule has 0 aliphatic carbocycles. The number of benzene rings is 1. The monoisotopic (exact) mass is 264 g/mol. The van der Waals surface area contributed by atoms with E-state index in [1.54, 1.807) is 6.07 Å². The molecule has 19 heavy (non-hydrogen) atoms. The second-order valence-electron chi connectivity index (χ2n) is 4.53. The summed E-state index contributed by atoms with van der Waals surface area (Å²) in [5.41, 5.74) is 2.74. The van der Waals surface area contributed by atoms with Crippen LogP contribution in [-0.4, -0.2) is 23.1 Å². The molecule has 5 heteroatoms. The number of carbonyl (C=O) groups excluding carboxylic acids is 1. The largest absolute Gasteiger partial charge is 0.480 e. The highest BCUT2D eigenvalue weighted by Gasteiger charge is 2.18. The Morgan fingerprint density at radius 3 is 2.58 bits per heavy atom. The van der Waals surface area contributed by atoms with Crippen LogP contribution in [0.4, 0.5) is 10.5 Å². The number of amides is 2. The smallest absolute Gasteiger partial charge is 0.326 e. The van der Waals surface area contributed by atoms with Gasteiger partial charge in [-0.2, -0.15) is 0 Å². The number of urea groups is 1. The molecule has 0 saturated carbocycles. The second kappa shape index (κ2) is 6.78. The molecule has 1 aromatic rings. The summed E-state index contributed by atoms with van der Waals surface area (Å²) in [7, 11) is 0. The van der Waals surface area contributed by atoms with Crippen molar-refractivity contribution in [2.45, 2.75) is 39.7 Å². The third-order valence-corrected chi connectivity index (χ3v) is 3.03. The molecule has 1 unspecified atom stereocenters. The number of aryl methyl sites for hydroxylation is 1. The van der Waals surface area contributed by atoms with E-state index in [1.807, 2.05) is 32.9 Å². The van der Waals surface area contributed by atoms with Gasteiger partial charge in [0, 0.05) is 5.69 Å². The van der Waals surface area contributed by atoms with Gasteiger partial charge in [0.05, 0.1) is 0 Å². The maximum atomic E-state index is 11.8. The van der Waals surface area contributed by atoms with Crippen LogP contribution in [0, 0.1) is 13.8 Å². The van der Waals surface area contributed by atoms with E-state index >= 15 is 0 Å². The number of hydrogen-bond acceptors (Lipinski definition) is 2. The summed E-state index contributed by atoms with van der Waals surface area (Å²) in [6, 6.07) is 4.25. The molecule has 1 aromatic carbocycles. The number of carboxylic acid groups (broad SMARTS) is 1. The normalized spacial score (nSPS) is 11.7. The minimum absolute atomic E-state index is 0.412. The molecular formula is C14H20N2O3. The van der Waals surface area contributed by atoms with Gasteiger partial charge in [0.25, 0.3) is 0 Å². The fourth-order valence-electron chi connectivity index (χ4n) is 1.75. The molecule has 0 fully saturated rings. The summed E-state index contributed by atoms with van der Waals surface area (Å²) >= 11 is 0. The quantitative estimate of drug-likeness (QED) is 0.765. The second-order valence-corrected chi connectivity index (χ2v) is 4.53. The molecule has 0 aliphatic rings. The maximum Gasteiger partial charge on any atom is 0.326 e. The number of rotatable bonds is 5. The Balaban J connectivity index is 2.69. The first-order valence-electron chi connectivity index (χ1n) is 6.32. The van der Waals surface area contributed by atoms with Crippen molar-refractivity contribution in [2.24, 2.45) is 0 Å². The summed E-state index contributed by atoms with van der Waals surface area (Å²) in [6.45, 7) is 5.74. The van der Waals surface area contributed by atoms with Gasteiger partial charge in [-0.15, -0.1) is 0 Å². The number of aliphatic carboxylic acids is 1. The fourth-order valence-corrected chi connectivity index (χ4v) is 1.75. The Morgan fingerprint density at radius 2 is 2.00 bits per heavy atom. The van der Waals surface area contributed by atoms with Crippen LogP contribution in [0.1, 0.15) is 30.9 Å². The molecule has 104 valence electrons. The fraction of sp³-hybridized carbons (Fsp3) is 0.429. The Kier molecular flexibility index (Phi) is 5.36.